The van der Waals surface area contributed by atoms with Gasteiger partial charge in [-0.3, -0.25) is 0 Å². The standard InChI is InChI=1S/C17H16N2O3S/c1-13-19-17(23(20,21)15-10-6-3-7-11-15)16(22-13)18-12-14-8-4-2-5-9-14/h2-11,18H,12H2,1H3. The maximum atomic E-state index is 12.7. The van der Waals surface area contributed by atoms with Crippen molar-refractivity contribution >= 4 is 15.7 Å². The molecule has 3 rings (SSSR count). The van der Waals surface area contributed by atoms with Crippen LogP contribution < -0.4 is 5.32 Å². The molecule has 0 bridgehead atoms. The monoisotopic (exact) mass is 328 g/mol. The van der Waals surface area contributed by atoms with Crippen molar-refractivity contribution in [1.82, 2.24) is 4.98 Å². The first kappa shape index (κ1) is 15.3. The SMILES string of the molecule is Cc1nc(S(=O)(=O)c2ccccc2)c(NCc2ccccc2)o1. The first-order valence-corrected chi connectivity index (χ1v) is 8.61. The maximum absolute atomic E-state index is 12.7. The summed E-state index contributed by atoms with van der Waals surface area (Å²) < 4.78 is 30.9. The molecule has 0 aliphatic carbocycles. The van der Waals surface area contributed by atoms with Crippen molar-refractivity contribution in [2.75, 3.05) is 5.32 Å². The van der Waals surface area contributed by atoms with Crippen LogP contribution in [0, 0.1) is 6.92 Å². The van der Waals surface area contributed by atoms with Crippen LogP contribution in [0.1, 0.15) is 11.5 Å². The van der Waals surface area contributed by atoms with Gasteiger partial charge in [0.25, 0.3) is 0 Å². The number of hydrogen-bond donors (Lipinski definition) is 1. The summed E-state index contributed by atoms with van der Waals surface area (Å²) in [5, 5.41) is 2.93. The minimum absolute atomic E-state index is 0.0860. The van der Waals surface area contributed by atoms with Gasteiger partial charge >= 0.3 is 0 Å². The van der Waals surface area contributed by atoms with Crippen LogP contribution >= 0.6 is 0 Å². The quantitative estimate of drug-likeness (QED) is 0.777. The molecule has 0 aliphatic heterocycles. The maximum Gasteiger partial charge on any atom is 0.233 e. The molecule has 0 amide bonds. The number of oxazole rings is 1. The van der Waals surface area contributed by atoms with Gasteiger partial charge in [-0.1, -0.05) is 48.5 Å². The Labute approximate surface area is 134 Å². The third-order valence-electron chi connectivity index (χ3n) is 3.31. The highest BCUT2D eigenvalue weighted by Crippen LogP contribution is 2.28. The van der Waals surface area contributed by atoms with E-state index in [0.29, 0.717) is 12.4 Å². The van der Waals surface area contributed by atoms with E-state index in [-0.39, 0.29) is 15.8 Å². The zero-order chi connectivity index (χ0) is 16.3. The Morgan fingerprint density at radius 2 is 1.61 bits per heavy atom. The highest BCUT2D eigenvalue weighted by atomic mass is 32.2. The minimum Gasteiger partial charge on any atom is -0.424 e. The van der Waals surface area contributed by atoms with Gasteiger partial charge in [-0.2, -0.15) is 4.98 Å². The molecular weight excluding hydrogens is 312 g/mol. The van der Waals surface area contributed by atoms with Crippen molar-refractivity contribution in [1.29, 1.82) is 0 Å². The van der Waals surface area contributed by atoms with E-state index >= 15 is 0 Å². The fourth-order valence-corrected chi connectivity index (χ4v) is 3.54. The van der Waals surface area contributed by atoms with E-state index < -0.39 is 9.84 Å². The normalized spacial score (nSPS) is 11.3. The molecular formula is C17H16N2O3S. The van der Waals surface area contributed by atoms with Gasteiger partial charge in [0.2, 0.25) is 20.7 Å². The molecule has 0 unspecified atom stereocenters. The number of aryl methyl sites for hydroxylation is 1. The molecule has 5 nitrogen and oxygen atoms in total. The Morgan fingerprint density at radius 1 is 1.00 bits per heavy atom. The second-order valence-corrected chi connectivity index (χ2v) is 6.89. The molecule has 0 saturated carbocycles. The van der Waals surface area contributed by atoms with Gasteiger partial charge in [-0.05, 0) is 17.7 Å². The number of aromatic nitrogens is 1. The van der Waals surface area contributed by atoms with Gasteiger partial charge < -0.3 is 9.73 Å². The van der Waals surface area contributed by atoms with Gasteiger partial charge in [0.15, 0.2) is 5.89 Å². The molecule has 23 heavy (non-hydrogen) atoms. The summed E-state index contributed by atoms with van der Waals surface area (Å²) in [5.74, 6) is 0.463. The van der Waals surface area contributed by atoms with Gasteiger partial charge in [0.05, 0.1) is 4.90 Å². The van der Waals surface area contributed by atoms with Crippen LogP contribution in [-0.4, -0.2) is 13.4 Å². The Balaban J connectivity index is 1.92. The highest BCUT2D eigenvalue weighted by molar-refractivity contribution is 7.91. The van der Waals surface area contributed by atoms with Crippen LogP contribution in [0.25, 0.3) is 0 Å². The predicted octanol–water partition coefficient (Wildman–Crippen LogP) is 3.43. The average Bonchev–Trinajstić information content (AvgIpc) is 2.96. The van der Waals surface area contributed by atoms with Crippen LogP contribution in [0.5, 0.6) is 0 Å². The lowest BCUT2D eigenvalue weighted by atomic mass is 10.2. The predicted molar refractivity (Wildman–Crippen MR) is 86.9 cm³/mol. The Hall–Kier alpha value is -2.60. The number of hydrogen-bond acceptors (Lipinski definition) is 5. The Morgan fingerprint density at radius 3 is 2.26 bits per heavy atom. The van der Waals surface area contributed by atoms with E-state index in [9.17, 15) is 8.42 Å². The molecule has 6 heteroatoms. The van der Waals surface area contributed by atoms with Gasteiger partial charge in [-0.15, -0.1) is 0 Å². The van der Waals surface area contributed by atoms with Crippen LogP contribution in [-0.2, 0) is 16.4 Å². The van der Waals surface area contributed by atoms with Crippen molar-refractivity contribution < 1.29 is 12.8 Å². The summed E-state index contributed by atoms with van der Waals surface area (Å²) in [6.45, 7) is 2.07. The van der Waals surface area contributed by atoms with E-state index in [1.165, 1.54) is 0 Å². The number of sulfone groups is 1. The second-order valence-electron chi connectivity index (χ2n) is 5.02. The smallest absolute Gasteiger partial charge is 0.233 e. The number of benzene rings is 2. The third-order valence-corrected chi connectivity index (χ3v) is 4.99. The molecule has 3 aromatic rings. The molecule has 0 aliphatic rings. The number of nitrogens with zero attached hydrogens (tertiary/aromatic N) is 1. The van der Waals surface area contributed by atoms with Crippen molar-refractivity contribution in [3.63, 3.8) is 0 Å². The zero-order valence-electron chi connectivity index (χ0n) is 12.6. The fraction of sp³-hybridized carbons (Fsp3) is 0.118. The summed E-state index contributed by atoms with van der Waals surface area (Å²) in [4.78, 5) is 4.24. The first-order chi connectivity index (χ1) is 11.1. The van der Waals surface area contributed by atoms with E-state index in [4.69, 9.17) is 4.42 Å². The number of nitrogens with one attached hydrogen (secondary N) is 1. The summed E-state index contributed by atoms with van der Waals surface area (Å²) in [6.07, 6.45) is 0. The van der Waals surface area contributed by atoms with Crippen molar-refractivity contribution in [2.45, 2.75) is 23.4 Å². The molecule has 2 aromatic carbocycles. The molecule has 0 radical (unpaired) electrons. The van der Waals surface area contributed by atoms with Gasteiger partial charge in [0, 0.05) is 13.5 Å². The lowest BCUT2D eigenvalue weighted by Gasteiger charge is -2.06. The van der Waals surface area contributed by atoms with E-state index in [1.807, 2.05) is 30.3 Å². The minimum atomic E-state index is -3.72. The summed E-state index contributed by atoms with van der Waals surface area (Å²) in [6, 6.07) is 17.9. The molecule has 0 saturated heterocycles. The zero-order valence-corrected chi connectivity index (χ0v) is 13.4. The van der Waals surface area contributed by atoms with Crippen LogP contribution in [0.2, 0.25) is 0 Å². The molecule has 1 N–H and O–H groups in total. The van der Waals surface area contributed by atoms with Gasteiger partial charge in [-0.25, -0.2) is 8.42 Å². The lowest BCUT2D eigenvalue weighted by Crippen LogP contribution is -2.07. The molecule has 0 spiro atoms. The Bertz CT molecular complexity index is 888. The first-order valence-electron chi connectivity index (χ1n) is 7.13. The van der Waals surface area contributed by atoms with Gasteiger partial charge in [0.1, 0.15) is 0 Å². The van der Waals surface area contributed by atoms with E-state index in [1.54, 1.807) is 37.3 Å². The third kappa shape index (κ3) is 3.27. The Kier molecular flexibility index (Phi) is 4.16. The highest BCUT2D eigenvalue weighted by Gasteiger charge is 2.26. The van der Waals surface area contributed by atoms with Crippen molar-refractivity contribution in [3.05, 3.63) is 72.1 Å². The molecule has 1 heterocycles. The second kappa shape index (κ2) is 6.26. The van der Waals surface area contributed by atoms with Crippen molar-refractivity contribution in [3.8, 4) is 0 Å². The largest absolute Gasteiger partial charge is 0.424 e. The van der Waals surface area contributed by atoms with E-state index in [2.05, 4.69) is 10.3 Å². The summed E-state index contributed by atoms with van der Waals surface area (Å²) >= 11 is 0. The summed E-state index contributed by atoms with van der Waals surface area (Å²) in [7, 11) is -3.72. The molecule has 1 aromatic heterocycles. The summed E-state index contributed by atoms with van der Waals surface area (Å²) in [5.41, 5.74) is 1.02. The number of anilines is 1. The van der Waals surface area contributed by atoms with Crippen molar-refractivity contribution in [2.24, 2.45) is 0 Å². The van der Waals surface area contributed by atoms with Crippen LogP contribution in [0.15, 0.2) is 75.0 Å². The van der Waals surface area contributed by atoms with Crippen LogP contribution in [0.3, 0.4) is 0 Å². The topological polar surface area (TPSA) is 72.2 Å². The molecule has 118 valence electrons. The van der Waals surface area contributed by atoms with E-state index in [0.717, 1.165) is 5.56 Å². The fourth-order valence-electron chi connectivity index (χ4n) is 2.19. The van der Waals surface area contributed by atoms with Crippen LogP contribution in [0.4, 0.5) is 5.88 Å². The molecule has 0 atom stereocenters. The average molecular weight is 328 g/mol. The molecule has 0 fully saturated rings. The lowest BCUT2D eigenvalue weighted by molar-refractivity contribution is 0.531. The number of rotatable bonds is 5.